The Morgan fingerprint density at radius 2 is 0.594 bits per heavy atom. The molecule has 0 spiro atoms. The van der Waals surface area contributed by atoms with Crippen LogP contribution in [0.1, 0.15) is 20.8 Å². The maximum absolute atomic E-state index is 13.4. The molecule has 2 aromatic carbocycles. The number of halogens is 10. The maximum atomic E-state index is 13.4. The highest BCUT2D eigenvalue weighted by molar-refractivity contribution is 6.36. The van der Waals surface area contributed by atoms with Gasteiger partial charge >= 0.3 is 9.53 Å². The van der Waals surface area contributed by atoms with Crippen LogP contribution in [-0.2, 0) is 13.3 Å². The maximum Gasteiger partial charge on any atom is 0.484 e. The molecule has 0 bridgehead atoms. The van der Waals surface area contributed by atoms with Gasteiger partial charge in [-0.2, -0.15) is 0 Å². The Balaban J connectivity index is 0.000000433. The molecule has 0 aromatic heterocycles. The smallest absolute Gasteiger partial charge is 0.376 e. The molecule has 2 rings (SSSR count). The normalized spacial score (nSPS) is 11.1. The van der Waals surface area contributed by atoms with Crippen molar-refractivity contribution in [2.45, 2.75) is 20.8 Å². The summed E-state index contributed by atoms with van der Waals surface area (Å²) in [5, 5.41) is 0. The van der Waals surface area contributed by atoms with Crippen LogP contribution in [0.5, 0.6) is 0 Å². The lowest BCUT2D eigenvalue weighted by Crippen LogP contribution is -2.27. The van der Waals surface area contributed by atoms with E-state index >= 15 is 0 Å². The zero-order valence-corrected chi connectivity index (χ0v) is 17.9. The van der Waals surface area contributed by atoms with Crippen LogP contribution in [0.3, 0.4) is 0 Å². The predicted octanol–water partition coefficient (Wildman–Crippen LogP) is 5.56. The van der Waals surface area contributed by atoms with Gasteiger partial charge in [0.05, 0.1) is 11.1 Å². The topological polar surface area (TPSA) is 27.7 Å². The summed E-state index contributed by atoms with van der Waals surface area (Å²) in [5.74, 6) is -26.6. The first-order chi connectivity index (χ1) is 15.0. The van der Waals surface area contributed by atoms with E-state index < -0.39 is 78.8 Å². The largest absolute Gasteiger partial charge is 0.484 e. The van der Waals surface area contributed by atoms with E-state index in [-0.39, 0.29) is 0 Å². The Kier molecular flexibility index (Phi) is 10.6. The highest BCUT2D eigenvalue weighted by Gasteiger charge is 2.34. The van der Waals surface area contributed by atoms with Gasteiger partial charge in [0.1, 0.15) is 0 Å². The summed E-state index contributed by atoms with van der Waals surface area (Å²) in [5.41, 5.74) is -4.52. The van der Waals surface area contributed by atoms with Gasteiger partial charge in [0.15, 0.2) is 46.5 Å². The minimum atomic E-state index is -2.68. The standard InChI is InChI=1S/C12F10.C6H16O3Si/c13-3-1(4(14)8(18)11(21)7(3)17)2-5(15)9(19)12(22)10(20)6(2)16;1-4-7-10(8-5-2)9-6-3/h;10H,4-6H2,1-3H3. The highest BCUT2D eigenvalue weighted by atomic mass is 28.3. The third kappa shape index (κ3) is 5.79. The number of benzene rings is 2. The van der Waals surface area contributed by atoms with Crippen LogP contribution in [0.25, 0.3) is 11.1 Å². The summed E-state index contributed by atoms with van der Waals surface area (Å²) in [7, 11) is -1.73. The summed E-state index contributed by atoms with van der Waals surface area (Å²) in [6.45, 7) is 7.86. The third-order valence-electron chi connectivity index (χ3n) is 3.58. The van der Waals surface area contributed by atoms with Crippen LogP contribution in [-0.4, -0.2) is 29.3 Å². The molecule has 0 aliphatic heterocycles. The van der Waals surface area contributed by atoms with E-state index in [2.05, 4.69) is 0 Å². The van der Waals surface area contributed by atoms with Crippen molar-refractivity contribution < 1.29 is 57.2 Å². The number of hydrogen-bond acceptors (Lipinski definition) is 3. The molecule has 0 atom stereocenters. The second-order valence-electron chi connectivity index (χ2n) is 5.54. The van der Waals surface area contributed by atoms with Crippen molar-refractivity contribution in [1.29, 1.82) is 0 Å². The minimum Gasteiger partial charge on any atom is -0.376 e. The molecule has 14 heteroatoms. The molecule has 0 unspecified atom stereocenters. The summed E-state index contributed by atoms with van der Waals surface area (Å²) >= 11 is 0. The average molecular weight is 498 g/mol. The Morgan fingerprint density at radius 3 is 0.781 bits per heavy atom. The molecular formula is C18H16F10O3Si. The van der Waals surface area contributed by atoms with E-state index in [0.717, 1.165) is 0 Å². The van der Waals surface area contributed by atoms with Crippen molar-refractivity contribution in [2.75, 3.05) is 19.8 Å². The van der Waals surface area contributed by atoms with Crippen LogP contribution in [0.15, 0.2) is 0 Å². The Morgan fingerprint density at radius 1 is 0.406 bits per heavy atom. The van der Waals surface area contributed by atoms with Crippen LogP contribution >= 0.6 is 0 Å². The molecule has 0 radical (unpaired) electrons. The number of rotatable bonds is 7. The van der Waals surface area contributed by atoms with Gasteiger partial charge in [-0.05, 0) is 20.8 Å². The van der Waals surface area contributed by atoms with E-state index in [1.54, 1.807) is 0 Å². The zero-order valence-electron chi connectivity index (χ0n) is 16.7. The summed E-state index contributed by atoms with van der Waals surface area (Å²) in [6, 6.07) is 0. The van der Waals surface area contributed by atoms with Crippen LogP contribution in [0.4, 0.5) is 43.9 Å². The third-order valence-corrected chi connectivity index (χ3v) is 5.39. The van der Waals surface area contributed by atoms with Crippen molar-refractivity contribution in [1.82, 2.24) is 0 Å². The van der Waals surface area contributed by atoms with E-state index in [0.29, 0.717) is 19.8 Å². The molecule has 0 aliphatic carbocycles. The molecular weight excluding hydrogens is 482 g/mol. The molecule has 0 saturated carbocycles. The lowest BCUT2D eigenvalue weighted by atomic mass is 10.0. The quantitative estimate of drug-likeness (QED) is 0.217. The Hall–Kier alpha value is -2.16. The van der Waals surface area contributed by atoms with Gasteiger partial charge in [-0.25, -0.2) is 43.9 Å². The fraction of sp³-hybridized carbons (Fsp3) is 0.333. The average Bonchev–Trinajstić information content (AvgIpc) is 2.77. The number of hydrogen-bond donors (Lipinski definition) is 0. The van der Waals surface area contributed by atoms with E-state index in [9.17, 15) is 43.9 Å². The van der Waals surface area contributed by atoms with Crippen LogP contribution in [0, 0.1) is 58.2 Å². The molecule has 0 N–H and O–H groups in total. The van der Waals surface area contributed by atoms with E-state index in [4.69, 9.17) is 13.3 Å². The SMILES string of the molecule is CCO[SiH](OCC)OCC.Fc1c(F)c(F)c(-c2c(F)c(F)c(F)c(F)c2F)c(F)c1F. The Labute approximate surface area is 177 Å². The van der Waals surface area contributed by atoms with E-state index in [1.165, 1.54) is 0 Å². The first-order valence-corrected chi connectivity index (χ1v) is 10.2. The van der Waals surface area contributed by atoms with Gasteiger partial charge in [-0.1, -0.05) is 0 Å². The van der Waals surface area contributed by atoms with Gasteiger partial charge in [0.25, 0.3) is 0 Å². The van der Waals surface area contributed by atoms with Gasteiger partial charge < -0.3 is 13.3 Å². The fourth-order valence-electron chi connectivity index (χ4n) is 2.20. The van der Waals surface area contributed by atoms with Gasteiger partial charge in [0.2, 0.25) is 11.6 Å². The molecule has 0 fully saturated rings. The van der Waals surface area contributed by atoms with Crippen LogP contribution < -0.4 is 0 Å². The summed E-state index contributed by atoms with van der Waals surface area (Å²) in [4.78, 5) is 0. The molecule has 0 heterocycles. The predicted molar refractivity (Wildman–Crippen MR) is 93.5 cm³/mol. The molecule has 0 aliphatic rings. The summed E-state index contributed by atoms with van der Waals surface area (Å²) < 4.78 is 147. The van der Waals surface area contributed by atoms with Gasteiger partial charge in [-0.3, -0.25) is 0 Å². The minimum absolute atomic E-state index is 0.677. The summed E-state index contributed by atoms with van der Waals surface area (Å²) in [6.07, 6.45) is 0. The monoisotopic (exact) mass is 498 g/mol. The van der Waals surface area contributed by atoms with Gasteiger partial charge in [-0.15, -0.1) is 0 Å². The second-order valence-corrected chi connectivity index (χ2v) is 7.12. The zero-order chi connectivity index (χ0) is 24.7. The van der Waals surface area contributed by atoms with Crippen molar-refractivity contribution in [2.24, 2.45) is 0 Å². The Bertz CT molecular complexity index is 818. The molecule has 3 nitrogen and oxygen atoms in total. The molecule has 0 saturated heterocycles. The highest BCUT2D eigenvalue weighted by Crippen LogP contribution is 2.37. The second kappa shape index (κ2) is 12.2. The first-order valence-electron chi connectivity index (χ1n) is 8.83. The van der Waals surface area contributed by atoms with Crippen molar-refractivity contribution in [3.8, 4) is 11.1 Å². The molecule has 0 amide bonds. The molecule has 2 aromatic rings. The first kappa shape index (κ1) is 27.9. The van der Waals surface area contributed by atoms with Crippen molar-refractivity contribution >= 4 is 9.53 Å². The lowest BCUT2D eigenvalue weighted by molar-refractivity contribution is 0.107. The lowest BCUT2D eigenvalue weighted by Gasteiger charge is -2.12. The molecule has 180 valence electrons. The molecule has 32 heavy (non-hydrogen) atoms. The fourth-order valence-corrected chi connectivity index (χ4v) is 3.31. The van der Waals surface area contributed by atoms with Crippen molar-refractivity contribution in [3.63, 3.8) is 0 Å². The van der Waals surface area contributed by atoms with Gasteiger partial charge in [0, 0.05) is 19.8 Å². The van der Waals surface area contributed by atoms with E-state index in [1.807, 2.05) is 20.8 Å². The van der Waals surface area contributed by atoms with Crippen LogP contribution in [0.2, 0.25) is 0 Å². The van der Waals surface area contributed by atoms with Crippen molar-refractivity contribution in [3.05, 3.63) is 58.2 Å².